The van der Waals surface area contributed by atoms with Crippen molar-refractivity contribution >= 4 is 5.91 Å². The summed E-state index contributed by atoms with van der Waals surface area (Å²) in [5, 5.41) is 2.53. The summed E-state index contributed by atoms with van der Waals surface area (Å²) in [4.78, 5) is 12.7. The van der Waals surface area contributed by atoms with Crippen molar-refractivity contribution < 1.29 is 35.5 Å². The Balaban J connectivity index is 1.79. The predicted octanol–water partition coefficient (Wildman–Crippen LogP) is 6.81. The standard InChI is InChI=1S/C24H18F7NO/c1-14-10-18(25)6-7-19(14)20-4-2-3-5-21(20)22(33)32-9-8-15-11-16(23(26,27)28)13-17(12-15)24(29,30)31/h2-7,10-13H,8-9H2,1H3,(H,32,33). The van der Waals surface area contributed by atoms with E-state index in [4.69, 9.17) is 0 Å². The molecule has 0 aliphatic rings. The Morgan fingerprint density at radius 3 is 2.00 bits per heavy atom. The lowest BCUT2D eigenvalue weighted by molar-refractivity contribution is -0.143. The van der Waals surface area contributed by atoms with Gasteiger partial charge in [0, 0.05) is 12.1 Å². The minimum atomic E-state index is -4.94. The first kappa shape index (κ1) is 24.3. The third-order valence-corrected chi connectivity index (χ3v) is 5.00. The lowest BCUT2D eigenvalue weighted by atomic mass is 9.95. The van der Waals surface area contributed by atoms with Gasteiger partial charge in [-0.2, -0.15) is 26.3 Å². The summed E-state index contributed by atoms with van der Waals surface area (Å²) in [7, 11) is 0. The molecule has 0 aliphatic carbocycles. The van der Waals surface area contributed by atoms with Crippen LogP contribution in [0.2, 0.25) is 0 Å². The van der Waals surface area contributed by atoms with Crippen molar-refractivity contribution in [3.63, 3.8) is 0 Å². The largest absolute Gasteiger partial charge is 0.416 e. The van der Waals surface area contributed by atoms with E-state index in [-0.39, 0.29) is 30.2 Å². The van der Waals surface area contributed by atoms with Crippen LogP contribution in [0, 0.1) is 12.7 Å². The first-order chi connectivity index (χ1) is 15.4. The van der Waals surface area contributed by atoms with Crippen LogP contribution in [0.25, 0.3) is 11.1 Å². The number of amides is 1. The van der Waals surface area contributed by atoms with Crippen molar-refractivity contribution in [2.75, 3.05) is 6.54 Å². The van der Waals surface area contributed by atoms with E-state index in [0.29, 0.717) is 28.8 Å². The van der Waals surface area contributed by atoms with Crippen LogP contribution in [0.15, 0.2) is 60.7 Å². The van der Waals surface area contributed by atoms with Crippen LogP contribution in [0.3, 0.4) is 0 Å². The summed E-state index contributed by atoms with van der Waals surface area (Å²) < 4.78 is 91.5. The van der Waals surface area contributed by atoms with E-state index >= 15 is 0 Å². The fraction of sp³-hybridized carbons (Fsp3) is 0.208. The number of alkyl halides is 6. The molecule has 33 heavy (non-hydrogen) atoms. The second kappa shape index (κ2) is 9.25. The Hall–Kier alpha value is -3.36. The third-order valence-electron chi connectivity index (χ3n) is 5.00. The molecule has 3 aromatic carbocycles. The molecule has 9 heteroatoms. The molecule has 0 radical (unpaired) electrons. The van der Waals surface area contributed by atoms with E-state index < -0.39 is 35.2 Å². The van der Waals surface area contributed by atoms with Gasteiger partial charge in [0.2, 0.25) is 0 Å². The third kappa shape index (κ3) is 5.91. The van der Waals surface area contributed by atoms with Gasteiger partial charge in [0.25, 0.3) is 5.91 Å². The Morgan fingerprint density at radius 1 is 0.818 bits per heavy atom. The van der Waals surface area contributed by atoms with E-state index in [9.17, 15) is 35.5 Å². The fourth-order valence-corrected chi connectivity index (χ4v) is 3.42. The molecule has 0 heterocycles. The molecule has 3 aromatic rings. The van der Waals surface area contributed by atoms with Crippen LogP contribution in [0.1, 0.15) is 32.6 Å². The van der Waals surface area contributed by atoms with E-state index in [1.54, 1.807) is 25.1 Å². The quantitative estimate of drug-likeness (QED) is 0.409. The number of rotatable bonds is 5. The lowest BCUT2D eigenvalue weighted by Crippen LogP contribution is -2.26. The normalized spacial score (nSPS) is 12.0. The van der Waals surface area contributed by atoms with Gasteiger partial charge >= 0.3 is 12.4 Å². The van der Waals surface area contributed by atoms with Crippen LogP contribution in [0.5, 0.6) is 0 Å². The summed E-state index contributed by atoms with van der Waals surface area (Å²) in [6.07, 6.45) is -10.1. The number of nitrogens with one attached hydrogen (secondary N) is 1. The van der Waals surface area contributed by atoms with E-state index in [2.05, 4.69) is 5.32 Å². The number of halogens is 7. The van der Waals surface area contributed by atoms with E-state index in [1.165, 1.54) is 24.3 Å². The predicted molar refractivity (Wildman–Crippen MR) is 109 cm³/mol. The minimum Gasteiger partial charge on any atom is -0.352 e. The highest BCUT2D eigenvalue weighted by Gasteiger charge is 2.36. The summed E-state index contributed by atoms with van der Waals surface area (Å²) in [5.41, 5.74) is -1.04. The molecule has 174 valence electrons. The Morgan fingerprint density at radius 2 is 1.42 bits per heavy atom. The van der Waals surface area contributed by atoms with Gasteiger partial charge in [-0.1, -0.05) is 24.3 Å². The van der Waals surface area contributed by atoms with Gasteiger partial charge in [0.1, 0.15) is 5.82 Å². The molecule has 3 rings (SSSR count). The zero-order valence-electron chi connectivity index (χ0n) is 17.2. The molecule has 2 nitrogen and oxygen atoms in total. The Kier molecular flexibility index (Phi) is 6.81. The highest BCUT2D eigenvalue weighted by Crippen LogP contribution is 2.36. The highest BCUT2D eigenvalue weighted by atomic mass is 19.4. The maximum atomic E-state index is 13.4. The van der Waals surface area contributed by atoms with Crippen LogP contribution in [-0.4, -0.2) is 12.5 Å². The number of hydrogen-bond acceptors (Lipinski definition) is 1. The van der Waals surface area contributed by atoms with Crippen molar-refractivity contribution in [1.29, 1.82) is 0 Å². The van der Waals surface area contributed by atoms with Gasteiger partial charge in [0.15, 0.2) is 0 Å². The van der Waals surface area contributed by atoms with Crippen LogP contribution >= 0.6 is 0 Å². The number of benzene rings is 3. The zero-order valence-corrected chi connectivity index (χ0v) is 17.2. The highest BCUT2D eigenvalue weighted by molar-refractivity contribution is 6.01. The second-order valence-electron chi connectivity index (χ2n) is 7.42. The summed E-state index contributed by atoms with van der Waals surface area (Å²) in [6, 6.07) is 11.9. The first-order valence-corrected chi connectivity index (χ1v) is 9.78. The monoisotopic (exact) mass is 469 g/mol. The molecule has 0 bridgehead atoms. The van der Waals surface area contributed by atoms with Crippen molar-refractivity contribution in [3.05, 3.63) is 94.3 Å². The number of hydrogen-bond donors (Lipinski definition) is 1. The maximum Gasteiger partial charge on any atom is 0.416 e. The molecule has 0 aromatic heterocycles. The van der Waals surface area contributed by atoms with Gasteiger partial charge in [-0.25, -0.2) is 4.39 Å². The smallest absolute Gasteiger partial charge is 0.352 e. The molecule has 0 saturated carbocycles. The molecule has 0 saturated heterocycles. The molecule has 0 spiro atoms. The van der Waals surface area contributed by atoms with Crippen LogP contribution in [-0.2, 0) is 18.8 Å². The molecule has 1 amide bonds. The number of aryl methyl sites for hydroxylation is 1. The molecule has 0 fully saturated rings. The van der Waals surface area contributed by atoms with Gasteiger partial charge < -0.3 is 5.32 Å². The Bertz CT molecular complexity index is 1130. The van der Waals surface area contributed by atoms with Crippen molar-refractivity contribution in [1.82, 2.24) is 5.32 Å². The number of carbonyl (C=O) groups is 1. The van der Waals surface area contributed by atoms with Gasteiger partial charge in [0.05, 0.1) is 11.1 Å². The van der Waals surface area contributed by atoms with Crippen molar-refractivity contribution in [3.8, 4) is 11.1 Å². The summed E-state index contributed by atoms with van der Waals surface area (Å²) >= 11 is 0. The van der Waals surface area contributed by atoms with Crippen LogP contribution in [0.4, 0.5) is 30.7 Å². The topological polar surface area (TPSA) is 29.1 Å². The molecule has 1 N–H and O–H groups in total. The minimum absolute atomic E-state index is 0.0589. The summed E-state index contributed by atoms with van der Waals surface area (Å²) in [6.45, 7) is 1.49. The van der Waals surface area contributed by atoms with Gasteiger partial charge in [-0.05, 0) is 72.0 Å². The van der Waals surface area contributed by atoms with E-state index in [0.717, 1.165) is 0 Å². The fourth-order valence-electron chi connectivity index (χ4n) is 3.42. The molecule has 0 aliphatic heterocycles. The van der Waals surface area contributed by atoms with E-state index in [1.807, 2.05) is 0 Å². The Labute approximate surface area is 185 Å². The van der Waals surface area contributed by atoms with Gasteiger partial charge in [-0.3, -0.25) is 4.79 Å². The lowest BCUT2D eigenvalue weighted by Gasteiger charge is -2.15. The maximum absolute atomic E-state index is 13.4. The average Bonchev–Trinajstić information content (AvgIpc) is 2.72. The molecule has 0 atom stereocenters. The average molecular weight is 469 g/mol. The van der Waals surface area contributed by atoms with Crippen LogP contribution < -0.4 is 5.32 Å². The number of carbonyl (C=O) groups excluding carboxylic acids is 1. The second-order valence-corrected chi connectivity index (χ2v) is 7.42. The molecule has 0 unspecified atom stereocenters. The molecular weight excluding hydrogens is 451 g/mol. The van der Waals surface area contributed by atoms with Gasteiger partial charge in [-0.15, -0.1) is 0 Å². The zero-order chi connectivity index (χ0) is 24.4. The first-order valence-electron chi connectivity index (χ1n) is 9.78. The SMILES string of the molecule is Cc1cc(F)ccc1-c1ccccc1C(=O)NCCc1cc(C(F)(F)F)cc(C(F)(F)F)c1. The van der Waals surface area contributed by atoms with Crippen molar-refractivity contribution in [2.45, 2.75) is 25.7 Å². The summed E-state index contributed by atoms with van der Waals surface area (Å²) in [5.74, 6) is -0.991. The molecular formula is C24H18F7NO. The van der Waals surface area contributed by atoms with Crippen molar-refractivity contribution in [2.24, 2.45) is 0 Å².